The molecule has 0 saturated carbocycles. The first kappa shape index (κ1) is 14.0. The highest BCUT2D eigenvalue weighted by atomic mass is 16.1. The predicted molar refractivity (Wildman–Crippen MR) is 75.4 cm³/mol. The molecule has 2 heterocycles. The minimum absolute atomic E-state index is 0.0893. The van der Waals surface area contributed by atoms with Crippen LogP contribution in [0.2, 0.25) is 0 Å². The highest BCUT2D eigenvalue weighted by Crippen LogP contribution is 2.04. The smallest absolute Gasteiger partial charge is 0.252 e. The van der Waals surface area contributed by atoms with Crippen LogP contribution in [0, 0.1) is 0 Å². The summed E-state index contributed by atoms with van der Waals surface area (Å²) in [5.41, 5.74) is 0.570. The fraction of sp³-hybridized carbons (Fsp3) is 0.385. The van der Waals surface area contributed by atoms with Crippen molar-refractivity contribution >= 4 is 11.7 Å². The van der Waals surface area contributed by atoms with E-state index in [0.717, 1.165) is 12.2 Å². The molecule has 2 aromatic heterocycles. The lowest BCUT2D eigenvalue weighted by molar-refractivity contribution is 0.0953. The van der Waals surface area contributed by atoms with E-state index in [0.29, 0.717) is 25.2 Å². The fourth-order valence-corrected chi connectivity index (χ4v) is 1.62. The lowest BCUT2D eigenvalue weighted by Crippen LogP contribution is -2.24. The Morgan fingerprint density at radius 1 is 1.35 bits per heavy atom. The van der Waals surface area contributed by atoms with E-state index < -0.39 is 0 Å². The average Bonchev–Trinajstić information content (AvgIpc) is 2.99. The van der Waals surface area contributed by atoms with E-state index in [1.807, 2.05) is 6.92 Å². The second kappa shape index (κ2) is 7.22. The van der Waals surface area contributed by atoms with E-state index in [4.69, 9.17) is 0 Å². The molecule has 2 aromatic rings. The Bertz CT molecular complexity index is 522. The molecule has 0 aliphatic heterocycles. The zero-order valence-electron chi connectivity index (χ0n) is 11.4. The number of nitrogens with one attached hydrogen (secondary N) is 2. The van der Waals surface area contributed by atoms with Gasteiger partial charge in [0, 0.05) is 25.5 Å². The molecule has 0 atom stereocenters. The molecule has 0 aliphatic rings. The maximum Gasteiger partial charge on any atom is 0.252 e. The van der Waals surface area contributed by atoms with Crippen LogP contribution in [0.3, 0.4) is 0 Å². The molecular weight excluding hydrogens is 256 g/mol. The number of aromatic nitrogens is 4. The zero-order chi connectivity index (χ0) is 14.2. The molecule has 106 valence electrons. The molecule has 7 nitrogen and oxygen atoms in total. The summed E-state index contributed by atoms with van der Waals surface area (Å²) in [6.07, 6.45) is 5.93. The van der Waals surface area contributed by atoms with Crippen LogP contribution in [-0.4, -0.2) is 39.0 Å². The summed E-state index contributed by atoms with van der Waals surface area (Å²) < 4.78 is 1.74. The van der Waals surface area contributed by atoms with Crippen LogP contribution in [0.1, 0.15) is 23.7 Å². The number of rotatable bonds is 7. The quantitative estimate of drug-likeness (QED) is 0.784. The maximum absolute atomic E-state index is 11.7. The van der Waals surface area contributed by atoms with Gasteiger partial charge in [-0.15, -0.1) is 5.10 Å². The summed E-state index contributed by atoms with van der Waals surface area (Å²) in [5, 5.41) is 13.6. The molecule has 1 amide bonds. The lowest BCUT2D eigenvalue weighted by atomic mass is 10.2. The Labute approximate surface area is 117 Å². The van der Waals surface area contributed by atoms with Gasteiger partial charge in [-0.25, -0.2) is 4.98 Å². The van der Waals surface area contributed by atoms with Crippen LogP contribution in [0.25, 0.3) is 0 Å². The maximum atomic E-state index is 11.7. The van der Waals surface area contributed by atoms with E-state index in [1.165, 1.54) is 0 Å². The molecule has 0 radical (unpaired) electrons. The number of carbonyl (C=O) groups is 1. The number of carbonyl (C=O) groups excluding carboxylic acids is 1. The summed E-state index contributed by atoms with van der Waals surface area (Å²) in [7, 11) is 0. The van der Waals surface area contributed by atoms with E-state index in [9.17, 15) is 4.79 Å². The Hall–Kier alpha value is -2.44. The molecule has 7 heteroatoms. The van der Waals surface area contributed by atoms with Crippen LogP contribution in [0.4, 0.5) is 5.82 Å². The summed E-state index contributed by atoms with van der Waals surface area (Å²) >= 11 is 0. The molecule has 2 N–H and O–H groups in total. The highest BCUT2D eigenvalue weighted by molar-refractivity contribution is 5.93. The van der Waals surface area contributed by atoms with E-state index in [1.54, 1.807) is 35.4 Å². The monoisotopic (exact) mass is 274 g/mol. The standard InChI is InChI=1S/C13H18N6O/c1-2-5-15-13(20)11-3-4-12(16-10-11)14-6-8-19-9-7-17-18-19/h3-4,7,9-10H,2,5-6,8H2,1H3,(H,14,16)(H,15,20). The third kappa shape index (κ3) is 4.04. The first-order valence-corrected chi connectivity index (χ1v) is 6.62. The minimum atomic E-state index is -0.0893. The highest BCUT2D eigenvalue weighted by Gasteiger charge is 2.04. The van der Waals surface area contributed by atoms with Gasteiger partial charge in [-0.3, -0.25) is 9.48 Å². The van der Waals surface area contributed by atoms with Gasteiger partial charge in [-0.05, 0) is 18.6 Å². The Kier molecular flexibility index (Phi) is 5.05. The number of anilines is 1. The molecule has 0 aliphatic carbocycles. The Morgan fingerprint density at radius 2 is 2.25 bits per heavy atom. The minimum Gasteiger partial charge on any atom is -0.368 e. The van der Waals surface area contributed by atoms with Gasteiger partial charge in [0.25, 0.3) is 5.91 Å². The molecular formula is C13H18N6O. The van der Waals surface area contributed by atoms with Gasteiger partial charge in [0.1, 0.15) is 5.82 Å². The normalized spacial score (nSPS) is 10.2. The number of hydrogen-bond donors (Lipinski definition) is 2. The van der Waals surface area contributed by atoms with Gasteiger partial charge >= 0.3 is 0 Å². The van der Waals surface area contributed by atoms with Crippen molar-refractivity contribution in [3.63, 3.8) is 0 Å². The summed E-state index contributed by atoms with van der Waals surface area (Å²) in [4.78, 5) is 15.9. The first-order chi connectivity index (χ1) is 9.79. The summed E-state index contributed by atoms with van der Waals surface area (Å²) in [6, 6.07) is 3.55. The van der Waals surface area contributed by atoms with Crippen molar-refractivity contribution in [2.75, 3.05) is 18.4 Å². The molecule has 0 spiro atoms. The number of amides is 1. The van der Waals surface area contributed by atoms with Crippen LogP contribution in [0.5, 0.6) is 0 Å². The second-order valence-corrected chi connectivity index (χ2v) is 4.28. The molecule has 0 aromatic carbocycles. The molecule has 0 unspecified atom stereocenters. The van der Waals surface area contributed by atoms with E-state index in [2.05, 4.69) is 25.9 Å². The molecule has 0 bridgehead atoms. The van der Waals surface area contributed by atoms with Crippen molar-refractivity contribution in [1.82, 2.24) is 25.3 Å². The summed E-state index contributed by atoms with van der Waals surface area (Å²) in [5.74, 6) is 0.644. The van der Waals surface area contributed by atoms with Gasteiger partial charge in [-0.1, -0.05) is 12.1 Å². The average molecular weight is 274 g/mol. The third-order valence-corrected chi connectivity index (χ3v) is 2.68. The van der Waals surface area contributed by atoms with Crippen LogP contribution >= 0.6 is 0 Å². The van der Waals surface area contributed by atoms with Crippen LogP contribution in [0.15, 0.2) is 30.7 Å². The topological polar surface area (TPSA) is 84.7 Å². The first-order valence-electron chi connectivity index (χ1n) is 6.62. The molecule has 0 saturated heterocycles. The van der Waals surface area contributed by atoms with Crippen molar-refractivity contribution in [2.24, 2.45) is 0 Å². The lowest BCUT2D eigenvalue weighted by Gasteiger charge is -2.07. The number of nitrogens with zero attached hydrogens (tertiary/aromatic N) is 4. The van der Waals surface area contributed by atoms with Crippen molar-refractivity contribution in [1.29, 1.82) is 0 Å². The SMILES string of the molecule is CCCNC(=O)c1ccc(NCCn2ccnn2)nc1. The number of hydrogen-bond acceptors (Lipinski definition) is 5. The second-order valence-electron chi connectivity index (χ2n) is 4.28. The number of pyridine rings is 1. The molecule has 2 rings (SSSR count). The Morgan fingerprint density at radius 3 is 2.90 bits per heavy atom. The van der Waals surface area contributed by atoms with Crippen LogP contribution in [-0.2, 0) is 6.54 Å². The van der Waals surface area contributed by atoms with E-state index in [-0.39, 0.29) is 5.91 Å². The van der Waals surface area contributed by atoms with Gasteiger partial charge < -0.3 is 10.6 Å². The molecule has 20 heavy (non-hydrogen) atoms. The fourth-order valence-electron chi connectivity index (χ4n) is 1.62. The van der Waals surface area contributed by atoms with Crippen molar-refractivity contribution in [3.8, 4) is 0 Å². The van der Waals surface area contributed by atoms with Crippen LogP contribution < -0.4 is 10.6 Å². The van der Waals surface area contributed by atoms with E-state index >= 15 is 0 Å². The Balaban J connectivity index is 1.80. The van der Waals surface area contributed by atoms with Gasteiger partial charge in [-0.2, -0.15) is 0 Å². The summed E-state index contributed by atoms with van der Waals surface area (Å²) in [6.45, 7) is 4.09. The largest absolute Gasteiger partial charge is 0.368 e. The zero-order valence-corrected chi connectivity index (χ0v) is 11.4. The van der Waals surface area contributed by atoms with Crippen molar-refractivity contribution in [3.05, 3.63) is 36.3 Å². The van der Waals surface area contributed by atoms with Gasteiger partial charge in [0.05, 0.1) is 18.3 Å². The third-order valence-electron chi connectivity index (χ3n) is 2.68. The van der Waals surface area contributed by atoms with Gasteiger partial charge in [0.2, 0.25) is 0 Å². The molecule has 0 fully saturated rings. The predicted octanol–water partition coefficient (Wildman–Crippen LogP) is 0.925. The van der Waals surface area contributed by atoms with Crippen molar-refractivity contribution < 1.29 is 4.79 Å². The van der Waals surface area contributed by atoms with Gasteiger partial charge in [0.15, 0.2) is 0 Å². The van der Waals surface area contributed by atoms with Crippen molar-refractivity contribution in [2.45, 2.75) is 19.9 Å².